The van der Waals surface area contributed by atoms with E-state index in [0.717, 1.165) is 17.4 Å². The van der Waals surface area contributed by atoms with E-state index in [1.165, 1.54) is 26.3 Å². The second-order valence-electron chi connectivity index (χ2n) is 8.78. The summed E-state index contributed by atoms with van der Waals surface area (Å²) in [5, 5.41) is 0.474. The number of benzene rings is 1. The monoisotopic (exact) mass is 518 g/mol. The molecule has 9 nitrogen and oxygen atoms in total. The van der Waals surface area contributed by atoms with Crippen molar-refractivity contribution in [3.05, 3.63) is 62.5 Å². The maximum absolute atomic E-state index is 13.2. The van der Waals surface area contributed by atoms with Crippen LogP contribution in [0, 0.1) is 5.92 Å². The van der Waals surface area contributed by atoms with E-state index in [4.69, 9.17) is 30.2 Å². The SMILES string of the molecule is CCC(CC)[C@@H](Oc1ccccc1Cl)[C@H](C)OC[C@@](C)(C=O)n1c(=O)oc2c(OC)ccnc2c1=O. The Balaban J connectivity index is 1.94. The van der Waals surface area contributed by atoms with Crippen LogP contribution in [0.5, 0.6) is 11.5 Å². The van der Waals surface area contributed by atoms with Crippen molar-refractivity contribution in [2.75, 3.05) is 13.7 Å². The van der Waals surface area contributed by atoms with Gasteiger partial charge in [-0.25, -0.2) is 14.3 Å². The predicted molar refractivity (Wildman–Crippen MR) is 136 cm³/mol. The maximum Gasteiger partial charge on any atom is 0.423 e. The molecule has 3 atom stereocenters. The van der Waals surface area contributed by atoms with E-state index in [2.05, 4.69) is 18.8 Å². The topological polar surface area (TPSA) is 110 Å². The summed E-state index contributed by atoms with van der Waals surface area (Å²) in [6, 6.07) is 8.63. The van der Waals surface area contributed by atoms with Crippen LogP contribution in [0.1, 0.15) is 40.5 Å². The molecule has 0 fully saturated rings. The van der Waals surface area contributed by atoms with Crippen LogP contribution < -0.4 is 20.8 Å². The number of carbonyl (C=O) groups excluding carboxylic acids is 1. The molecule has 36 heavy (non-hydrogen) atoms. The average molecular weight is 519 g/mol. The van der Waals surface area contributed by atoms with Crippen LogP contribution in [0.4, 0.5) is 0 Å². The van der Waals surface area contributed by atoms with Gasteiger partial charge in [-0.3, -0.25) is 4.79 Å². The van der Waals surface area contributed by atoms with Crippen LogP contribution in [-0.4, -0.2) is 41.8 Å². The van der Waals surface area contributed by atoms with Gasteiger partial charge in [0.05, 0.1) is 24.8 Å². The zero-order chi connectivity index (χ0) is 26.5. The fraction of sp³-hybridized carbons (Fsp3) is 0.462. The second kappa shape index (κ2) is 11.7. The molecule has 1 aromatic carbocycles. The normalized spacial score (nSPS) is 14.9. The van der Waals surface area contributed by atoms with E-state index >= 15 is 0 Å². The molecule has 0 N–H and O–H groups in total. The van der Waals surface area contributed by atoms with Crippen molar-refractivity contribution in [3.8, 4) is 11.5 Å². The van der Waals surface area contributed by atoms with E-state index < -0.39 is 29.1 Å². The molecule has 0 radical (unpaired) electrons. The molecule has 0 bridgehead atoms. The van der Waals surface area contributed by atoms with Gasteiger partial charge in [0.2, 0.25) is 5.58 Å². The molecule has 0 aliphatic heterocycles. The van der Waals surface area contributed by atoms with E-state index in [1.807, 2.05) is 19.1 Å². The number of methoxy groups -OCH3 is 1. The van der Waals surface area contributed by atoms with Crippen LogP contribution in [0.3, 0.4) is 0 Å². The highest BCUT2D eigenvalue weighted by Crippen LogP contribution is 2.30. The van der Waals surface area contributed by atoms with E-state index in [0.29, 0.717) is 17.1 Å². The molecule has 194 valence electrons. The minimum Gasteiger partial charge on any atom is -0.493 e. The molecule has 3 aromatic rings. The Morgan fingerprint density at radius 3 is 2.47 bits per heavy atom. The van der Waals surface area contributed by atoms with E-state index in [-0.39, 0.29) is 29.4 Å². The summed E-state index contributed by atoms with van der Waals surface area (Å²) in [7, 11) is 1.38. The number of rotatable bonds is 12. The van der Waals surface area contributed by atoms with Gasteiger partial charge in [-0.1, -0.05) is 37.6 Å². The minimum atomic E-state index is -1.66. The number of ether oxygens (including phenoxy) is 3. The lowest BCUT2D eigenvalue weighted by Crippen LogP contribution is -2.51. The van der Waals surface area contributed by atoms with Crippen molar-refractivity contribution < 1.29 is 23.4 Å². The Bertz CT molecular complexity index is 1320. The molecule has 0 aliphatic rings. The molecule has 0 unspecified atom stereocenters. The number of aromatic nitrogens is 2. The lowest BCUT2D eigenvalue weighted by atomic mass is 9.92. The zero-order valence-corrected chi connectivity index (χ0v) is 21.8. The second-order valence-corrected chi connectivity index (χ2v) is 9.19. The van der Waals surface area contributed by atoms with Gasteiger partial charge in [0, 0.05) is 12.3 Å². The molecule has 0 aliphatic carbocycles. The van der Waals surface area contributed by atoms with Crippen LogP contribution in [0.2, 0.25) is 5.02 Å². The molecule has 3 rings (SSSR count). The number of fused-ring (bicyclic) bond motifs is 1. The Morgan fingerprint density at radius 2 is 1.86 bits per heavy atom. The largest absolute Gasteiger partial charge is 0.493 e. The average Bonchev–Trinajstić information content (AvgIpc) is 2.88. The van der Waals surface area contributed by atoms with Crippen molar-refractivity contribution in [1.82, 2.24) is 9.55 Å². The third-order valence-electron chi connectivity index (χ3n) is 6.34. The Morgan fingerprint density at radius 1 is 1.17 bits per heavy atom. The summed E-state index contributed by atoms with van der Waals surface area (Å²) in [5.74, 6) is -0.183. The molecule has 0 saturated heterocycles. The van der Waals surface area contributed by atoms with E-state index in [1.54, 1.807) is 12.1 Å². The summed E-state index contributed by atoms with van der Waals surface area (Å²) < 4.78 is 23.6. The molecule has 10 heteroatoms. The summed E-state index contributed by atoms with van der Waals surface area (Å²) >= 11 is 6.31. The van der Waals surface area contributed by atoms with Gasteiger partial charge >= 0.3 is 5.76 Å². The smallest absolute Gasteiger partial charge is 0.423 e. The number of para-hydroxylation sites is 1. The molecule has 0 spiro atoms. The number of aldehydes is 1. The van der Waals surface area contributed by atoms with Gasteiger partial charge in [0.15, 0.2) is 11.3 Å². The number of nitrogens with zero attached hydrogens (tertiary/aromatic N) is 2. The number of halogens is 1. The van der Waals surface area contributed by atoms with E-state index in [9.17, 15) is 14.4 Å². The highest BCUT2D eigenvalue weighted by Gasteiger charge is 2.35. The first-order valence-corrected chi connectivity index (χ1v) is 12.2. The molecular weight excluding hydrogens is 488 g/mol. The van der Waals surface area contributed by atoms with Gasteiger partial charge in [-0.15, -0.1) is 0 Å². The van der Waals surface area contributed by atoms with Gasteiger partial charge < -0.3 is 23.4 Å². The predicted octanol–water partition coefficient (Wildman–Crippen LogP) is 4.21. The molecule has 0 saturated carbocycles. The van der Waals surface area contributed by atoms with Gasteiger partial charge in [-0.2, -0.15) is 0 Å². The fourth-order valence-electron chi connectivity index (χ4n) is 4.17. The first-order chi connectivity index (χ1) is 17.2. The zero-order valence-electron chi connectivity index (χ0n) is 21.0. The van der Waals surface area contributed by atoms with Crippen molar-refractivity contribution >= 4 is 29.0 Å². The standard InChI is InChI=1S/C26H31ClN2O7/c1-6-17(7-2)22(35-19-11-9-8-10-18(19)27)16(3)34-15-26(4,14-30)29-24(31)21-23(36-25(29)32)20(33-5)12-13-28-21/h8-14,16-17,22H,6-7,15H2,1-5H3/t16-,22-,26+/m0/s1. The third-order valence-corrected chi connectivity index (χ3v) is 6.66. The highest BCUT2D eigenvalue weighted by molar-refractivity contribution is 6.32. The highest BCUT2D eigenvalue weighted by atomic mass is 35.5. The molecule has 2 aromatic heterocycles. The van der Waals surface area contributed by atoms with Crippen LogP contribution in [0.15, 0.2) is 50.5 Å². The van der Waals surface area contributed by atoms with Crippen molar-refractivity contribution in [2.24, 2.45) is 5.92 Å². The summed E-state index contributed by atoms with van der Waals surface area (Å²) in [4.78, 5) is 42.3. The van der Waals surface area contributed by atoms with Crippen LogP contribution in [0.25, 0.3) is 11.1 Å². The molecule has 0 amide bonds. The number of carbonyl (C=O) groups is 1. The van der Waals surface area contributed by atoms with Crippen molar-refractivity contribution in [1.29, 1.82) is 0 Å². The van der Waals surface area contributed by atoms with Crippen LogP contribution >= 0.6 is 11.6 Å². The first-order valence-electron chi connectivity index (χ1n) is 11.8. The number of hydrogen-bond acceptors (Lipinski definition) is 8. The van der Waals surface area contributed by atoms with Crippen molar-refractivity contribution in [3.63, 3.8) is 0 Å². The lowest BCUT2D eigenvalue weighted by Gasteiger charge is -2.33. The van der Waals surface area contributed by atoms with Crippen molar-refractivity contribution in [2.45, 2.75) is 58.3 Å². The third kappa shape index (κ3) is 5.47. The summed E-state index contributed by atoms with van der Waals surface area (Å²) in [5.41, 5.74) is -2.66. The van der Waals surface area contributed by atoms with Gasteiger partial charge in [0.1, 0.15) is 23.7 Å². The molecule has 2 heterocycles. The summed E-state index contributed by atoms with van der Waals surface area (Å²) in [6.45, 7) is 7.09. The lowest BCUT2D eigenvalue weighted by molar-refractivity contribution is -0.122. The Labute approximate surface area is 213 Å². The van der Waals surface area contributed by atoms with Gasteiger partial charge in [-0.05, 0) is 44.7 Å². The minimum absolute atomic E-state index is 0.0873. The summed E-state index contributed by atoms with van der Waals surface area (Å²) in [6.07, 6.45) is 2.59. The Hall–Kier alpha value is -3.17. The maximum atomic E-state index is 13.2. The quantitative estimate of drug-likeness (QED) is 0.328. The first kappa shape index (κ1) is 27.4. The molecular formula is C26H31ClN2O7. The number of pyridine rings is 1. The fourth-order valence-corrected chi connectivity index (χ4v) is 4.35. The Kier molecular flexibility index (Phi) is 8.92. The van der Waals surface area contributed by atoms with Gasteiger partial charge in [0.25, 0.3) is 5.56 Å². The van der Waals surface area contributed by atoms with Crippen LogP contribution in [-0.2, 0) is 15.1 Å². The number of hydrogen-bond donors (Lipinski definition) is 0.